The van der Waals surface area contributed by atoms with Crippen LogP contribution in [0.15, 0.2) is 0 Å². The van der Waals surface area contributed by atoms with Crippen LogP contribution in [0.4, 0.5) is 0 Å². The molecule has 0 aromatic rings. The molecule has 0 heterocycles. The molecule has 3 N–H and O–H groups in total. The number of rotatable bonds is 8. The zero-order valence-corrected chi connectivity index (χ0v) is 12.6. The molecule has 118 valence electrons. The van der Waals surface area contributed by atoms with Crippen molar-refractivity contribution in [2.45, 2.75) is 51.0 Å². The lowest BCUT2D eigenvalue weighted by Crippen LogP contribution is -2.39. The summed E-state index contributed by atoms with van der Waals surface area (Å²) in [5, 5.41) is 11.2. The molecule has 1 fully saturated rings. The Bertz CT molecular complexity index is 386. The van der Waals surface area contributed by atoms with Gasteiger partial charge < -0.3 is 15.8 Å². The SMILES string of the molecule is COC(CC(N)=O)CC(C(=O)NCC#N)C1CCCCC1. The second-order valence-corrected chi connectivity index (χ2v) is 5.64. The first kappa shape index (κ1) is 17.4. The van der Waals surface area contributed by atoms with Crippen molar-refractivity contribution in [1.82, 2.24) is 5.32 Å². The zero-order chi connectivity index (χ0) is 15.7. The maximum Gasteiger partial charge on any atom is 0.224 e. The zero-order valence-electron chi connectivity index (χ0n) is 12.6. The molecule has 0 aliphatic heterocycles. The van der Waals surface area contributed by atoms with Crippen LogP contribution in [-0.4, -0.2) is 31.6 Å². The van der Waals surface area contributed by atoms with Gasteiger partial charge in [-0.25, -0.2) is 0 Å². The predicted octanol–water partition coefficient (Wildman–Crippen LogP) is 1.10. The Balaban J connectivity index is 2.71. The van der Waals surface area contributed by atoms with Gasteiger partial charge in [-0.15, -0.1) is 0 Å². The number of nitrogens with two attached hydrogens (primary N) is 1. The molecule has 21 heavy (non-hydrogen) atoms. The van der Waals surface area contributed by atoms with E-state index in [-0.39, 0.29) is 30.9 Å². The molecule has 2 amide bonds. The van der Waals surface area contributed by atoms with Crippen LogP contribution in [0.25, 0.3) is 0 Å². The first-order valence-corrected chi connectivity index (χ1v) is 7.54. The average Bonchev–Trinajstić information content (AvgIpc) is 2.49. The van der Waals surface area contributed by atoms with E-state index in [9.17, 15) is 9.59 Å². The fourth-order valence-corrected chi connectivity index (χ4v) is 3.08. The number of carbonyl (C=O) groups excluding carboxylic acids is 2. The minimum absolute atomic E-state index is 0.00945. The largest absolute Gasteiger partial charge is 0.381 e. The molecule has 2 unspecified atom stereocenters. The molecule has 0 radical (unpaired) electrons. The molecule has 0 saturated heterocycles. The third kappa shape index (κ3) is 6.13. The molecule has 1 aliphatic rings. The second kappa shape index (κ2) is 9.35. The van der Waals surface area contributed by atoms with Crippen molar-refractivity contribution in [3.05, 3.63) is 0 Å². The Morgan fingerprint density at radius 1 is 1.38 bits per heavy atom. The van der Waals surface area contributed by atoms with Gasteiger partial charge in [0.1, 0.15) is 6.54 Å². The third-order valence-electron chi connectivity index (χ3n) is 4.18. The normalized spacial score (nSPS) is 18.5. The fourth-order valence-electron chi connectivity index (χ4n) is 3.08. The quantitative estimate of drug-likeness (QED) is 0.654. The summed E-state index contributed by atoms with van der Waals surface area (Å²) in [6.45, 7) is 0.00945. The molecule has 1 saturated carbocycles. The van der Waals surface area contributed by atoms with Crippen molar-refractivity contribution >= 4 is 11.8 Å². The van der Waals surface area contributed by atoms with Crippen LogP contribution in [0.3, 0.4) is 0 Å². The number of ether oxygens (including phenoxy) is 1. The number of nitrogens with zero attached hydrogens (tertiary/aromatic N) is 1. The lowest BCUT2D eigenvalue weighted by Gasteiger charge is -2.31. The van der Waals surface area contributed by atoms with E-state index in [1.165, 1.54) is 13.5 Å². The number of nitriles is 1. The molecule has 2 atom stereocenters. The second-order valence-electron chi connectivity index (χ2n) is 5.64. The van der Waals surface area contributed by atoms with Gasteiger partial charge in [-0.1, -0.05) is 19.3 Å². The molecule has 6 heteroatoms. The van der Waals surface area contributed by atoms with Crippen LogP contribution in [0.5, 0.6) is 0 Å². The molecule has 0 bridgehead atoms. The molecule has 1 rings (SSSR count). The van der Waals surface area contributed by atoms with Gasteiger partial charge in [-0.3, -0.25) is 9.59 Å². The Morgan fingerprint density at radius 3 is 2.57 bits per heavy atom. The minimum Gasteiger partial charge on any atom is -0.381 e. The highest BCUT2D eigenvalue weighted by molar-refractivity contribution is 5.79. The number of primary amides is 1. The molecule has 0 aromatic heterocycles. The Morgan fingerprint density at radius 2 is 2.05 bits per heavy atom. The fraction of sp³-hybridized carbons (Fsp3) is 0.800. The smallest absolute Gasteiger partial charge is 0.224 e. The van der Waals surface area contributed by atoms with E-state index in [0.717, 1.165) is 25.7 Å². The number of methoxy groups -OCH3 is 1. The summed E-state index contributed by atoms with van der Waals surface area (Å²) in [6.07, 6.45) is 5.72. The summed E-state index contributed by atoms with van der Waals surface area (Å²) in [5.74, 6) is -0.470. The summed E-state index contributed by atoms with van der Waals surface area (Å²) in [6, 6.07) is 1.92. The van der Waals surface area contributed by atoms with Gasteiger partial charge in [0.15, 0.2) is 0 Å². The van der Waals surface area contributed by atoms with Crippen LogP contribution in [0.2, 0.25) is 0 Å². The molecule has 0 aromatic carbocycles. The molecule has 1 aliphatic carbocycles. The number of amides is 2. The molecular weight excluding hydrogens is 270 g/mol. The lowest BCUT2D eigenvalue weighted by molar-refractivity contribution is -0.130. The van der Waals surface area contributed by atoms with Gasteiger partial charge in [0, 0.05) is 13.0 Å². The number of nitrogens with one attached hydrogen (secondary N) is 1. The van der Waals surface area contributed by atoms with Crippen LogP contribution in [-0.2, 0) is 14.3 Å². The van der Waals surface area contributed by atoms with E-state index in [1.54, 1.807) is 0 Å². The van der Waals surface area contributed by atoms with Crippen molar-refractivity contribution in [3.8, 4) is 6.07 Å². The van der Waals surface area contributed by atoms with Gasteiger partial charge in [-0.05, 0) is 25.2 Å². The predicted molar refractivity (Wildman–Crippen MR) is 77.9 cm³/mol. The summed E-state index contributed by atoms with van der Waals surface area (Å²) in [7, 11) is 1.53. The average molecular weight is 295 g/mol. The van der Waals surface area contributed by atoms with Gasteiger partial charge in [-0.2, -0.15) is 5.26 Å². The van der Waals surface area contributed by atoms with Crippen LogP contribution in [0.1, 0.15) is 44.9 Å². The molecular formula is C15H25N3O3. The van der Waals surface area contributed by atoms with Crippen molar-refractivity contribution in [2.24, 2.45) is 17.6 Å². The summed E-state index contributed by atoms with van der Waals surface area (Å²) in [4.78, 5) is 23.4. The summed E-state index contributed by atoms with van der Waals surface area (Å²) >= 11 is 0. The molecule has 0 spiro atoms. The van der Waals surface area contributed by atoms with Crippen LogP contribution >= 0.6 is 0 Å². The van der Waals surface area contributed by atoms with Crippen molar-refractivity contribution in [3.63, 3.8) is 0 Å². The van der Waals surface area contributed by atoms with E-state index < -0.39 is 5.91 Å². The highest BCUT2D eigenvalue weighted by atomic mass is 16.5. The Labute approximate surface area is 126 Å². The summed E-state index contributed by atoms with van der Waals surface area (Å²) < 4.78 is 5.29. The van der Waals surface area contributed by atoms with Gasteiger partial charge in [0.2, 0.25) is 11.8 Å². The number of hydrogen-bond donors (Lipinski definition) is 2. The highest BCUT2D eigenvalue weighted by Gasteiger charge is 2.32. The maximum absolute atomic E-state index is 12.3. The summed E-state index contributed by atoms with van der Waals surface area (Å²) in [5.41, 5.74) is 5.22. The standard InChI is InChI=1S/C15H25N3O3/c1-21-12(10-14(17)19)9-13(15(20)18-8-7-16)11-5-3-2-4-6-11/h11-13H,2-6,8-10H2,1H3,(H2,17,19)(H,18,20). The van der Waals surface area contributed by atoms with Gasteiger partial charge >= 0.3 is 0 Å². The monoisotopic (exact) mass is 295 g/mol. The van der Waals surface area contributed by atoms with Crippen molar-refractivity contribution in [2.75, 3.05) is 13.7 Å². The van der Waals surface area contributed by atoms with E-state index >= 15 is 0 Å². The van der Waals surface area contributed by atoms with E-state index in [1.807, 2.05) is 6.07 Å². The van der Waals surface area contributed by atoms with Gasteiger partial charge in [0.05, 0.1) is 18.6 Å². The van der Waals surface area contributed by atoms with E-state index in [0.29, 0.717) is 12.3 Å². The van der Waals surface area contributed by atoms with E-state index in [4.69, 9.17) is 15.7 Å². The first-order valence-electron chi connectivity index (χ1n) is 7.54. The van der Waals surface area contributed by atoms with Crippen molar-refractivity contribution in [1.29, 1.82) is 5.26 Å². The van der Waals surface area contributed by atoms with Crippen LogP contribution in [0, 0.1) is 23.2 Å². The Kier molecular flexibility index (Phi) is 7.76. The van der Waals surface area contributed by atoms with Gasteiger partial charge in [0.25, 0.3) is 0 Å². The van der Waals surface area contributed by atoms with Crippen LogP contribution < -0.4 is 11.1 Å². The van der Waals surface area contributed by atoms with Crippen molar-refractivity contribution < 1.29 is 14.3 Å². The highest BCUT2D eigenvalue weighted by Crippen LogP contribution is 2.33. The van der Waals surface area contributed by atoms with E-state index in [2.05, 4.69) is 5.32 Å². The maximum atomic E-state index is 12.3. The Hall–Kier alpha value is -1.61. The number of carbonyl (C=O) groups is 2. The molecule has 6 nitrogen and oxygen atoms in total. The first-order chi connectivity index (χ1) is 10.1. The topological polar surface area (TPSA) is 105 Å². The number of hydrogen-bond acceptors (Lipinski definition) is 4. The third-order valence-corrected chi connectivity index (χ3v) is 4.18. The minimum atomic E-state index is -0.429. The lowest BCUT2D eigenvalue weighted by atomic mass is 9.77.